The van der Waals surface area contributed by atoms with Crippen LogP contribution in [0.15, 0.2) is 24.3 Å². The van der Waals surface area contributed by atoms with E-state index in [-0.39, 0.29) is 6.04 Å². The van der Waals surface area contributed by atoms with Gasteiger partial charge in [-0.15, -0.1) is 0 Å². The summed E-state index contributed by atoms with van der Waals surface area (Å²) in [6.07, 6.45) is 1.94. The number of thiocarbonyl (C=S) groups is 1. The molecule has 0 amide bonds. The molecule has 1 aromatic carbocycles. The number of benzene rings is 1. The Bertz CT molecular complexity index is 335. The molecule has 0 saturated carbocycles. The minimum absolute atomic E-state index is 0.00222. The van der Waals surface area contributed by atoms with Gasteiger partial charge in [-0.3, -0.25) is 0 Å². The number of anilines is 1. The molecule has 13 heavy (non-hydrogen) atoms. The molecular weight excluding hydrogens is 180 g/mol. The second-order valence-electron chi connectivity index (χ2n) is 3.29. The number of hydrogen-bond donors (Lipinski definition) is 2. The van der Waals surface area contributed by atoms with Crippen LogP contribution < -0.4 is 11.1 Å². The zero-order chi connectivity index (χ0) is 9.26. The minimum Gasteiger partial charge on any atom is -0.348 e. The van der Waals surface area contributed by atoms with Gasteiger partial charge in [0.15, 0.2) is 0 Å². The maximum atomic E-state index is 5.85. The van der Waals surface area contributed by atoms with Crippen molar-refractivity contribution in [2.75, 3.05) is 5.32 Å². The highest BCUT2D eigenvalue weighted by Gasteiger charge is 2.15. The van der Waals surface area contributed by atoms with Crippen molar-refractivity contribution < 1.29 is 0 Å². The normalized spacial score (nSPS) is 21.6. The van der Waals surface area contributed by atoms with E-state index in [9.17, 15) is 0 Å². The number of rotatable bonds is 0. The number of nitrogens with one attached hydrogen (secondary N) is 1. The molecule has 1 aromatic rings. The lowest BCUT2D eigenvalue weighted by Crippen LogP contribution is -2.32. The van der Waals surface area contributed by atoms with Gasteiger partial charge < -0.3 is 11.1 Å². The fourth-order valence-corrected chi connectivity index (χ4v) is 1.76. The van der Waals surface area contributed by atoms with Gasteiger partial charge in [-0.25, -0.2) is 0 Å². The van der Waals surface area contributed by atoms with Crippen LogP contribution in [0.5, 0.6) is 0 Å². The second-order valence-corrected chi connectivity index (χ2v) is 3.73. The molecule has 0 bridgehead atoms. The van der Waals surface area contributed by atoms with Crippen LogP contribution >= 0.6 is 12.2 Å². The molecule has 3 heteroatoms. The maximum Gasteiger partial charge on any atom is 0.0967 e. The number of nitrogens with two attached hydrogens (primary N) is 1. The van der Waals surface area contributed by atoms with Gasteiger partial charge in [0.25, 0.3) is 0 Å². The first kappa shape index (κ1) is 8.66. The zero-order valence-corrected chi connectivity index (χ0v) is 8.10. The van der Waals surface area contributed by atoms with Gasteiger partial charge in [0.1, 0.15) is 0 Å². The van der Waals surface area contributed by atoms with E-state index >= 15 is 0 Å². The Morgan fingerprint density at radius 1 is 1.38 bits per heavy atom. The average molecular weight is 192 g/mol. The van der Waals surface area contributed by atoms with Crippen molar-refractivity contribution in [1.29, 1.82) is 0 Å². The summed E-state index contributed by atoms with van der Waals surface area (Å²) in [5.41, 5.74) is 8.27. The summed E-state index contributed by atoms with van der Waals surface area (Å²) in [6.45, 7) is 0. The molecule has 1 aliphatic heterocycles. The SMILES string of the molecule is N[C@H]1CCc2ccccc2NC1=S. The average Bonchev–Trinajstić information content (AvgIpc) is 2.28. The molecule has 0 fully saturated rings. The third kappa shape index (κ3) is 1.71. The second kappa shape index (κ2) is 3.44. The quantitative estimate of drug-likeness (QED) is 0.614. The highest BCUT2D eigenvalue weighted by atomic mass is 32.1. The smallest absolute Gasteiger partial charge is 0.0967 e. The van der Waals surface area contributed by atoms with E-state index in [1.807, 2.05) is 18.2 Å². The molecule has 0 unspecified atom stereocenters. The predicted molar refractivity (Wildman–Crippen MR) is 59.0 cm³/mol. The highest BCUT2D eigenvalue weighted by molar-refractivity contribution is 7.80. The molecule has 0 spiro atoms. The molecule has 1 aliphatic rings. The van der Waals surface area contributed by atoms with E-state index in [2.05, 4.69) is 11.4 Å². The Morgan fingerprint density at radius 3 is 3.00 bits per heavy atom. The zero-order valence-electron chi connectivity index (χ0n) is 7.29. The molecule has 1 heterocycles. The lowest BCUT2D eigenvalue weighted by atomic mass is 10.1. The van der Waals surface area contributed by atoms with Crippen molar-refractivity contribution >= 4 is 22.9 Å². The van der Waals surface area contributed by atoms with Gasteiger partial charge in [-0.2, -0.15) is 0 Å². The van der Waals surface area contributed by atoms with E-state index in [0.717, 1.165) is 23.5 Å². The molecule has 3 N–H and O–H groups in total. The summed E-state index contributed by atoms with van der Waals surface area (Å²) in [4.78, 5) is 0.755. The topological polar surface area (TPSA) is 38.0 Å². The van der Waals surface area contributed by atoms with Crippen LogP contribution in [-0.2, 0) is 6.42 Å². The molecule has 68 valence electrons. The van der Waals surface area contributed by atoms with Crippen molar-refractivity contribution in [2.45, 2.75) is 18.9 Å². The van der Waals surface area contributed by atoms with Gasteiger partial charge in [0.05, 0.1) is 11.0 Å². The van der Waals surface area contributed by atoms with Crippen LogP contribution in [0.1, 0.15) is 12.0 Å². The summed E-state index contributed by atoms with van der Waals surface area (Å²) >= 11 is 5.16. The van der Waals surface area contributed by atoms with E-state index < -0.39 is 0 Å². The number of fused-ring (bicyclic) bond motifs is 1. The van der Waals surface area contributed by atoms with Crippen LogP contribution in [0.4, 0.5) is 5.69 Å². The van der Waals surface area contributed by atoms with Gasteiger partial charge in [-0.1, -0.05) is 30.4 Å². The molecule has 0 aromatic heterocycles. The third-order valence-electron chi connectivity index (χ3n) is 2.34. The van der Waals surface area contributed by atoms with Crippen molar-refractivity contribution in [3.63, 3.8) is 0 Å². The molecule has 2 rings (SSSR count). The number of para-hydroxylation sites is 1. The monoisotopic (exact) mass is 192 g/mol. The minimum atomic E-state index is 0.00222. The van der Waals surface area contributed by atoms with Gasteiger partial charge in [0, 0.05) is 5.69 Å². The van der Waals surface area contributed by atoms with Crippen molar-refractivity contribution in [3.05, 3.63) is 29.8 Å². The Morgan fingerprint density at radius 2 is 2.15 bits per heavy atom. The number of aryl methyl sites for hydroxylation is 1. The lowest BCUT2D eigenvalue weighted by molar-refractivity contribution is 0.765. The van der Waals surface area contributed by atoms with E-state index in [4.69, 9.17) is 18.0 Å². The van der Waals surface area contributed by atoms with Crippen LogP contribution in [0, 0.1) is 0 Å². The summed E-state index contributed by atoms with van der Waals surface area (Å²) in [5.74, 6) is 0. The van der Waals surface area contributed by atoms with Crippen LogP contribution in [0.3, 0.4) is 0 Å². The van der Waals surface area contributed by atoms with Crippen LogP contribution in [0.2, 0.25) is 0 Å². The third-order valence-corrected chi connectivity index (χ3v) is 2.74. The first-order chi connectivity index (χ1) is 6.27. The molecule has 1 atom stereocenters. The van der Waals surface area contributed by atoms with Crippen molar-refractivity contribution in [3.8, 4) is 0 Å². The molecule has 0 saturated heterocycles. The van der Waals surface area contributed by atoms with Gasteiger partial charge in [-0.05, 0) is 24.5 Å². The predicted octanol–water partition coefficient (Wildman–Crippen LogP) is 1.70. The standard InChI is InChI=1S/C10H12N2S/c11-8-6-5-7-3-1-2-4-9(7)12-10(8)13/h1-4,8H,5-6,11H2,(H,12,13)/t8-/m0/s1. The summed E-state index contributed by atoms with van der Waals surface area (Å²) in [5, 5.41) is 3.18. The van der Waals surface area contributed by atoms with Gasteiger partial charge >= 0.3 is 0 Å². The molecular formula is C10H12N2S. The Labute approximate surface area is 83.1 Å². The summed E-state index contributed by atoms with van der Waals surface area (Å²) in [7, 11) is 0. The van der Waals surface area contributed by atoms with Crippen LogP contribution in [-0.4, -0.2) is 11.0 Å². The maximum absolute atomic E-state index is 5.85. The van der Waals surface area contributed by atoms with Crippen molar-refractivity contribution in [2.24, 2.45) is 5.73 Å². The Kier molecular flexibility index (Phi) is 2.29. The molecule has 0 aliphatic carbocycles. The van der Waals surface area contributed by atoms with E-state index in [1.165, 1.54) is 5.56 Å². The molecule has 2 nitrogen and oxygen atoms in total. The van der Waals surface area contributed by atoms with E-state index in [0.29, 0.717) is 0 Å². The Hall–Kier alpha value is -0.930. The van der Waals surface area contributed by atoms with Crippen LogP contribution in [0.25, 0.3) is 0 Å². The molecule has 0 radical (unpaired) electrons. The fourth-order valence-electron chi connectivity index (χ4n) is 1.53. The summed E-state index contributed by atoms with van der Waals surface area (Å²) in [6, 6.07) is 8.20. The van der Waals surface area contributed by atoms with Gasteiger partial charge in [0.2, 0.25) is 0 Å². The lowest BCUT2D eigenvalue weighted by Gasteiger charge is -2.09. The van der Waals surface area contributed by atoms with Crippen molar-refractivity contribution in [1.82, 2.24) is 0 Å². The fraction of sp³-hybridized carbons (Fsp3) is 0.300. The number of hydrogen-bond acceptors (Lipinski definition) is 2. The Balaban J connectivity index is 2.35. The highest BCUT2D eigenvalue weighted by Crippen LogP contribution is 2.21. The first-order valence-corrected chi connectivity index (χ1v) is 4.82. The summed E-state index contributed by atoms with van der Waals surface area (Å²) < 4.78 is 0. The first-order valence-electron chi connectivity index (χ1n) is 4.42. The van der Waals surface area contributed by atoms with E-state index in [1.54, 1.807) is 0 Å². The largest absolute Gasteiger partial charge is 0.348 e.